The van der Waals surface area contributed by atoms with Crippen LogP contribution in [0.15, 0.2) is 24.3 Å². The third-order valence-corrected chi connectivity index (χ3v) is 3.54. The van der Waals surface area contributed by atoms with E-state index in [0.29, 0.717) is 24.5 Å². The summed E-state index contributed by atoms with van der Waals surface area (Å²) in [5.74, 6) is 0.686. The first-order chi connectivity index (χ1) is 9.77. The number of nitrogens with one attached hydrogen (secondary N) is 1. The molecule has 4 heteroatoms. The van der Waals surface area contributed by atoms with E-state index in [-0.39, 0.29) is 17.2 Å². The van der Waals surface area contributed by atoms with E-state index in [2.05, 4.69) is 5.32 Å². The number of rotatable bonds is 7. The average molecular weight is 293 g/mol. The number of aliphatic hydroxyl groups is 1. The number of carbonyl (C=O) groups excluding carboxylic acids is 1. The van der Waals surface area contributed by atoms with E-state index in [1.807, 2.05) is 40.7 Å². The molecule has 0 bridgehead atoms. The summed E-state index contributed by atoms with van der Waals surface area (Å²) < 4.78 is 5.39. The van der Waals surface area contributed by atoms with Gasteiger partial charge in [0, 0.05) is 17.5 Å². The van der Waals surface area contributed by atoms with Crippen LogP contribution >= 0.6 is 0 Å². The minimum atomic E-state index is -0.465. The Morgan fingerprint density at radius 3 is 2.62 bits per heavy atom. The van der Waals surface area contributed by atoms with Crippen LogP contribution in [0.25, 0.3) is 0 Å². The molecule has 0 fully saturated rings. The van der Waals surface area contributed by atoms with Crippen molar-refractivity contribution in [1.29, 1.82) is 0 Å². The fourth-order valence-electron chi connectivity index (χ4n) is 2.31. The zero-order valence-electron chi connectivity index (χ0n) is 13.6. The maximum Gasteiger partial charge on any atom is 0.251 e. The predicted molar refractivity (Wildman–Crippen MR) is 84.6 cm³/mol. The van der Waals surface area contributed by atoms with Crippen molar-refractivity contribution >= 4 is 5.91 Å². The van der Waals surface area contributed by atoms with Gasteiger partial charge in [-0.2, -0.15) is 0 Å². The summed E-state index contributed by atoms with van der Waals surface area (Å²) in [6.07, 6.45) is -0.465. The molecular weight excluding hydrogens is 266 g/mol. The summed E-state index contributed by atoms with van der Waals surface area (Å²) in [7, 11) is 0. The molecule has 0 aromatic heterocycles. The highest BCUT2D eigenvalue weighted by atomic mass is 16.5. The highest BCUT2D eigenvalue weighted by Gasteiger charge is 2.30. The maximum atomic E-state index is 12.2. The number of carbonyl (C=O) groups is 1. The van der Waals surface area contributed by atoms with Crippen LogP contribution in [-0.4, -0.2) is 30.3 Å². The standard InChI is InChI=1S/C17H27NO3/c1-6-21-14-9-7-8-13(10-14)16(20)18-11-17(4,5)15(19)12(2)3/h7-10,12,15,19H,6,11H2,1-5H3,(H,18,20). The van der Waals surface area contributed by atoms with Gasteiger partial charge >= 0.3 is 0 Å². The van der Waals surface area contributed by atoms with Crippen molar-refractivity contribution in [2.75, 3.05) is 13.2 Å². The Labute approximate surface area is 127 Å². The second-order valence-corrected chi connectivity index (χ2v) is 6.32. The summed E-state index contributed by atoms with van der Waals surface area (Å²) in [5, 5.41) is 13.1. The van der Waals surface area contributed by atoms with Gasteiger partial charge in [-0.15, -0.1) is 0 Å². The Balaban J connectivity index is 2.67. The highest BCUT2D eigenvalue weighted by Crippen LogP contribution is 2.25. The fraction of sp³-hybridized carbons (Fsp3) is 0.588. The van der Waals surface area contributed by atoms with Gasteiger partial charge in [0.15, 0.2) is 0 Å². The van der Waals surface area contributed by atoms with E-state index < -0.39 is 6.10 Å². The van der Waals surface area contributed by atoms with Crippen molar-refractivity contribution in [2.45, 2.75) is 40.7 Å². The molecule has 118 valence electrons. The zero-order valence-corrected chi connectivity index (χ0v) is 13.6. The Morgan fingerprint density at radius 1 is 1.38 bits per heavy atom. The van der Waals surface area contributed by atoms with E-state index in [4.69, 9.17) is 4.74 Å². The SMILES string of the molecule is CCOc1cccc(C(=O)NCC(C)(C)C(O)C(C)C)c1. The van der Waals surface area contributed by atoms with Crippen LogP contribution in [-0.2, 0) is 0 Å². The minimum absolute atomic E-state index is 0.151. The predicted octanol–water partition coefficient (Wildman–Crippen LogP) is 2.86. The molecule has 1 aromatic rings. The van der Waals surface area contributed by atoms with Gasteiger partial charge in [-0.05, 0) is 31.0 Å². The number of amides is 1. The van der Waals surface area contributed by atoms with Gasteiger partial charge in [-0.3, -0.25) is 4.79 Å². The number of hydrogen-bond donors (Lipinski definition) is 2. The van der Waals surface area contributed by atoms with Crippen molar-refractivity contribution in [3.05, 3.63) is 29.8 Å². The lowest BCUT2D eigenvalue weighted by molar-refractivity contribution is 0.0138. The number of benzene rings is 1. The van der Waals surface area contributed by atoms with Crippen LogP contribution in [0.5, 0.6) is 5.75 Å². The molecule has 2 N–H and O–H groups in total. The lowest BCUT2D eigenvalue weighted by atomic mass is 9.80. The quantitative estimate of drug-likeness (QED) is 0.812. The van der Waals surface area contributed by atoms with Crippen molar-refractivity contribution in [2.24, 2.45) is 11.3 Å². The first-order valence-electron chi connectivity index (χ1n) is 7.47. The lowest BCUT2D eigenvalue weighted by Gasteiger charge is -2.33. The second-order valence-electron chi connectivity index (χ2n) is 6.32. The van der Waals surface area contributed by atoms with Crippen LogP contribution in [0, 0.1) is 11.3 Å². The molecule has 0 saturated heterocycles. The van der Waals surface area contributed by atoms with Crippen molar-refractivity contribution in [3.8, 4) is 5.75 Å². The number of hydrogen-bond acceptors (Lipinski definition) is 3. The van der Waals surface area contributed by atoms with E-state index in [0.717, 1.165) is 0 Å². The lowest BCUT2D eigenvalue weighted by Crippen LogP contribution is -2.43. The van der Waals surface area contributed by atoms with Gasteiger partial charge in [0.05, 0.1) is 12.7 Å². The molecule has 0 aliphatic carbocycles. The Bertz CT molecular complexity index is 469. The van der Waals surface area contributed by atoms with Crippen LogP contribution in [0.2, 0.25) is 0 Å². The van der Waals surface area contributed by atoms with Crippen LogP contribution < -0.4 is 10.1 Å². The Kier molecular flexibility index (Phi) is 6.21. The van der Waals surface area contributed by atoms with Gasteiger partial charge in [0.25, 0.3) is 5.91 Å². The molecule has 1 amide bonds. The van der Waals surface area contributed by atoms with E-state index in [1.165, 1.54) is 0 Å². The Morgan fingerprint density at radius 2 is 2.05 bits per heavy atom. The van der Waals surface area contributed by atoms with Gasteiger partial charge < -0.3 is 15.2 Å². The Hall–Kier alpha value is -1.55. The first-order valence-corrected chi connectivity index (χ1v) is 7.47. The van der Waals surface area contributed by atoms with Gasteiger partial charge in [-0.25, -0.2) is 0 Å². The van der Waals surface area contributed by atoms with Gasteiger partial charge in [0.2, 0.25) is 0 Å². The topological polar surface area (TPSA) is 58.6 Å². The monoisotopic (exact) mass is 293 g/mol. The normalized spacial score (nSPS) is 13.1. The van der Waals surface area contributed by atoms with Crippen LogP contribution in [0.3, 0.4) is 0 Å². The average Bonchev–Trinajstić information content (AvgIpc) is 2.44. The number of ether oxygens (including phenoxy) is 1. The van der Waals surface area contributed by atoms with Gasteiger partial charge in [-0.1, -0.05) is 33.8 Å². The fourth-order valence-corrected chi connectivity index (χ4v) is 2.31. The maximum absolute atomic E-state index is 12.2. The van der Waals surface area contributed by atoms with E-state index >= 15 is 0 Å². The highest BCUT2D eigenvalue weighted by molar-refractivity contribution is 5.94. The second kappa shape index (κ2) is 7.46. The van der Waals surface area contributed by atoms with Crippen molar-refractivity contribution in [1.82, 2.24) is 5.32 Å². The summed E-state index contributed by atoms with van der Waals surface area (Å²) in [4.78, 5) is 12.2. The molecule has 0 heterocycles. The van der Waals surface area contributed by atoms with Crippen molar-refractivity contribution < 1.29 is 14.6 Å². The molecule has 0 spiro atoms. The molecule has 1 rings (SSSR count). The molecule has 1 aromatic carbocycles. The largest absolute Gasteiger partial charge is 0.494 e. The molecule has 0 radical (unpaired) electrons. The molecule has 21 heavy (non-hydrogen) atoms. The van der Waals surface area contributed by atoms with Gasteiger partial charge in [0.1, 0.15) is 5.75 Å². The van der Waals surface area contributed by atoms with Crippen LogP contribution in [0.1, 0.15) is 45.0 Å². The molecule has 1 unspecified atom stereocenters. The third kappa shape index (κ3) is 5.05. The molecule has 0 aliphatic heterocycles. The van der Waals surface area contributed by atoms with Crippen LogP contribution in [0.4, 0.5) is 0 Å². The molecular formula is C17H27NO3. The zero-order chi connectivity index (χ0) is 16.0. The summed E-state index contributed by atoms with van der Waals surface area (Å²) in [6, 6.07) is 7.11. The van der Waals surface area contributed by atoms with E-state index in [1.54, 1.807) is 18.2 Å². The summed E-state index contributed by atoms with van der Waals surface area (Å²) >= 11 is 0. The minimum Gasteiger partial charge on any atom is -0.494 e. The molecule has 4 nitrogen and oxygen atoms in total. The smallest absolute Gasteiger partial charge is 0.251 e. The molecule has 0 saturated carbocycles. The number of aliphatic hydroxyl groups excluding tert-OH is 1. The third-order valence-electron chi connectivity index (χ3n) is 3.54. The summed E-state index contributed by atoms with van der Waals surface area (Å²) in [5.41, 5.74) is 0.192. The molecule has 1 atom stereocenters. The first kappa shape index (κ1) is 17.5. The van der Waals surface area contributed by atoms with Crippen molar-refractivity contribution in [3.63, 3.8) is 0 Å². The summed E-state index contributed by atoms with van der Waals surface area (Å²) in [6.45, 7) is 10.7. The van der Waals surface area contributed by atoms with E-state index in [9.17, 15) is 9.90 Å². The molecule has 0 aliphatic rings.